The molecule has 0 saturated carbocycles. The van der Waals surface area contributed by atoms with E-state index in [1.54, 1.807) is 18.2 Å². The van der Waals surface area contributed by atoms with E-state index < -0.39 is 5.97 Å². The monoisotopic (exact) mass is 269 g/mol. The highest BCUT2D eigenvalue weighted by Crippen LogP contribution is 2.23. The fraction of sp³-hybridized carbons (Fsp3) is 0.133. The minimum Gasteiger partial charge on any atom is -0.475 e. The molecule has 0 atom stereocenters. The van der Waals surface area contributed by atoms with Crippen LogP contribution in [0.5, 0.6) is 0 Å². The molecule has 0 aliphatic heterocycles. The number of aromatic nitrogens is 2. The van der Waals surface area contributed by atoms with Gasteiger partial charge in [0.25, 0.3) is 0 Å². The normalized spacial score (nSPS) is 10.2. The van der Waals surface area contributed by atoms with Gasteiger partial charge in [-0.3, -0.25) is 0 Å². The van der Waals surface area contributed by atoms with Gasteiger partial charge in [-0.2, -0.15) is 0 Å². The predicted molar refractivity (Wildman–Crippen MR) is 79.1 cm³/mol. The summed E-state index contributed by atoms with van der Waals surface area (Å²) in [6, 6.07) is 7.33. The van der Waals surface area contributed by atoms with Crippen molar-refractivity contribution in [3.05, 3.63) is 55.4 Å². The van der Waals surface area contributed by atoms with E-state index in [1.807, 2.05) is 23.1 Å². The lowest BCUT2D eigenvalue weighted by molar-refractivity contribution is 0.0684. The fourth-order valence-electron chi connectivity index (χ4n) is 1.96. The zero-order chi connectivity index (χ0) is 14.5. The van der Waals surface area contributed by atoms with Crippen LogP contribution in [0.3, 0.4) is 0 Å². The van der Waals surface area contributed by atoms with Crippen molar-refractivity contribution < 1.29 is 9.90 Å². The van der Waals surface area contributed by atoms with Crippen molar-refractivity contribution in [1.82, 2.24) is 9.97 Å². The number of aromatic carboxylic acids is 1. The second-order valence-corrected chi connectivity index (χ2v) is 4.18. The number of fused-ring (bicyclic) bond motifs is 1. The van der Waals surface area contributed by atoms with E-state index in [2.05, 4.69) is 23.1 Å². The van der Waals surface area contributed by atoms with Gasteiger partial charge in [0, 0.05) is 18.5 Å². The molecule has 1 aromatic heterocycles. The Bertz CT molecular complexity index is 657. The number of carboxylic acids is 1. The maximum atomic E-state index is 11.2. The average molecular weight is 269 g/mol. The molecule has 2 aromatic rings. The van der Waals surface area contributed by atoms with Gasteiger partial charge in [0.1, 0.15) is 5.82 Å². The number of rotatable bonds is 6. The van der Waals surface area contributed by atoms with E-state index >= 15 is 0 Å². The second kappa shape index (κ2) is 5.97. The molecule has 2 rings (SSSR count). The van der Waals surface area contributed by atoms with Gasteiger partial charge < -0.3 is 10.0 Å². The molecule has 1 heterocycles. The molecule has 0 unspecified atom stereocenters. The number of benzene rings is 1. The number of hydrogen-bond donors (Lipinski definition) is 1. The van der Waals surface area contributed by atoms with E-state index in [-0.39, 0.29) is 5.82 Å². The van der Waals surface area contributed by atoms with Crippen LogP contribution in [0, 0.1) is 0 Å². The summed E-state index contributed by atoms with van der Waals surface area (Å²) in [4.78, 5) is 21.3. The zero-order valence-electron chi connectivity index (χ0n) is 11.0. The van der Waals surface area contributed by atoms with E-state index in [9.17, 15) is 4.79 Å². The van der Waals surface area contributed by atoms with Gasteiger partial charge in [-0.15, -0.1) is 13.2 Å². The first-order chi connectivity index (χ1) is 9.67. The summed E-state index contributed by atoms with van der Waals surface area (Å²) in [5.74, 6) is -0.779. The van der Waals surface area contributed by atoms with Crippen molar-refractivity contribution >= 4 is 22.7 Å². The predicted octanol–water partition coefficient (Wildman–Crippen LogP) is 2.51. The van der Waals surface area contributed by atoms with Crippen LogP contribution >= 0.6 is 0 Å². The Morgan fingerprint density at radius 2 is 1.85 bits per heavy atom. The summed E-state index contributed by atoms with van der Waals surface area (Å²) < 4.78 is 0. The second-order valence-electron chi connectivity index (χ2n) is 4.18. The molecule has 0 radical (unpaired) electrons. The SMILES string of the molecule is C=CCN(CC=C)c1nc(C(=O)O)nc2ccccc12. The summed E-state index contributed by atoms with van der Waals surface area (Å²) in [5, 5.41) is 9.93. The van der Waals surface area contributed by atoms with Gasteiger partial charge in [-0.25, -0.2) is 14.8 Å². The van der Waals surface area contributed by atoms with Crippen LogP contribution in [0.25, 0.3) is 10.9 Å². The number of hydrogen-bond acceptors (Lipinski definition) is 4. The number of nitrogens with zero attached hydrogens (tertiary/aromatic N) is 3. The van der Waals surface area contributed by atoms with Crippen molar-refractivity contribution in [2.45, 2.75) is 0 Å². The number of para-hydroxylation sites is 1. The van der Waals surface area contributed by atoms with Crippen LogP contribution in [0.4, 0.5) is 5.82 Å². The van der Waals surface area contributed by atoms with Crippen LogP contribution in [-0.2, 0) is 0 Å². The molecule has 1 N–H and O–H groups in total. The minimum atomic E-state index is -1.14. The third-order valence-corrected chi connectivity index (χ3v) is 2.77. The lowest BCUT2D eigenvalue weighted by Gasteiger charge is -2.22. The Morgan fingerprint density at radius 3 is 2.45 bits per heavy atom. The lowest BCUT2D eigenvalue weighted by Crippen LogP contribution is -2.25. The van der Waals surface area contributed by atoms with Crippen LogP contribution < -0.4 is 4.90 Å². The molecular weight excluding hydrogens is 254 g/mol. The molecule has 102 valence electrons. The Kier molecular flexibility index (Phi) is 4.10. The Labute approximate surface area is 116 Å². The topological polar surface area (TPSA) is 66.3 Å². The molecule has 5 nitrogen and oxygen atoms in total. The third-order valence-electron chi connectivity index (χ3n) is 2.77. The van der Waals surface area contributed by atoms with Crippen LogP contribution in [0.15, 0.2) is 49.6 Å². The first-order valence-corrected chi connectivity index (χ1v) is 6.14. The molecule has 5 heteroatoms. The van der Waals surface area contributed by atoms with Gasteiger partial charge >= 0.3 is 5.97 Å². The number of carbonyl (C=O) groups is 1. The molecule has 0 bridgehead atoms. The highest BCUT2D eigenvalue weighted by Gasteiger charge is 2.16. The Balaban J connectivity index is 2.66. The summed E-state index contributed by atoms with van der Waals surface area (Å²) >= 11 is 0. The third kappa shape index (κ3) is 2.66. The van der Waals surface area contributed by atoms with Gasteiger partial charge in [-0.1, -0.05) is 24.3 Å². The maximum absolute atomic E-state index is 11.2. The standard InChI is InChI=1S/C15H15N3O2/c1-3-9-18(10-4-2)14-11-7-5-6-8-12(11)16-13(17-14)15(19)20/h3-8H,1-2,9-10H2,(H,19,20). The highest BCUT2D eigenvalue weighted by molar-refractivity contribution is 5.93. The minimum absolute atomic E-state index is 0.211. The Hall–Kier alpha value is -2.69. The molecule has 0 amide bonds. The van der Waals surface area contributed by atoms with Crippen molar-refractivity contribution in [3.63, 3.8) is 0 Å². The van der Waals surface area contributed by atoms with Gasteiger partial charge in [-0.05, 0) is 12.1 Å². The molecule has 0 aliphatic carbocycles. The quantitative estimate of drug-likeness (QED) is 0.816. The van der Waals surface area contributed by atoms with Crippen molar-refractivity contribution in [3.8, 4) is 0 Å². The fourth-order valence-corrected chi connectivity index (χ4v) is 1.96. The van der Waals surface area contributed by atoms with Crippen molar-refractivity contribution in [2.75, 3.05) is 18.0 Å². The highest BCUT2D eigenvalue weighted by atomic mass is 16.4. The van der Waals surface area contributed by atoms with E-state index in [0.29, 0.717) is 24.4 Å². The van der Waals surface area contributed by atoms with Crippen LogP contribution in [-0.4, -0.2) is 34.1 Å². The maximum Gasteiger partial charge on any atom is 0.374 e. The van der Waals surface area contributed by atoms with Crippen LogP contribution in [0.2, 0.25) is 0 Å². The summed E-state index contributed by atoms with van der Waals surface area (Å²) in [5.41, 5.74) is 0.605. The van der Waals surface area contributed by atoms with Gasteiger partial charge in [0.05, 0.1) is 5.52 Å². The van der Waals surface area contributed by atoms with Crippen molar-refractivity contribution in [2.24, 2.45) is 0 Å². The average Bonchev–Trinajstić information content (AvgIpc) is 2.46. The number of anilines is 1. The van der Waals surface area contributed by atoms with E-state index in [1.165, 1.54) is 0 Å². The molecule has 0 aliphatic rings. The molecule has 20 heavy (non-hydrogen) atoms. The molecule has 0 saturated heterocycles. The zero-order valence-corrected chi connectivity index (χ0v) is 11.0. The lowest BCUT2D eigenvalue weighted by atomic mass is 10.2. The first-order valence-electron chi connectivity index (χ1n) is 6.14. The van der Waals surface area contributed by atoms with Crippen molar-refractivity contribution in [1.29, 1.82) is 0 Å². The summed E-state index contributed by atoms with van der Waals surface area (Å²) in [6.45, 7) is 8.52. The number of carboxylic acid groups (broad SMARTS) is 1. The van der Waals surface area contributed by atoms with E-state index in [4.69, 9.17) is 5.11 Å². The van der Waals surface area contributed by atoms with Gasteiger partial charge in [0.15, 0.2) is 0 Å². The first kappa shape index (κ1) is 13.7. The molecule has 1 aromatic carbocycles. The Morgan fingerprint density at radius 1 is 1.20 bits per heavy atom. The van der Waals surface area contributed by atoms with E-state index in [0.717, 1.165) is 5.39 Å². The largest absolute Gasteiger partial charge is 0.475 e. The smallest absolute Gasteiger partial charge is 0.374 e. The molecule has 0 spiro atoms. The summed E-state index contributed by atoms with van der Waals surface area (Å²) in [6.07, 6.45) is 3.47. The van der Waals surface area contributed by atoms with Crippen LogP contribution in [0.1, 0.15) is 10.6 Å². The molecule has 0 fully saturated rings. The van der Waals surface area contributed by atoms with Gasteiger partial charge in [0.2, 0.25) is 5.82 Å². The molecular formula is C15H15N3O2. The summed E-state index contributed by atoms with van der Waals surface area (Å²) in [7, 11) is 0.